The maximum Gasteiger partial charge on any atom is 0.306 e. The minimum atomic E-state index is -1.10. The molecule has 0 aliphatic heterocycles. The Kier molecular flexibility index (Phi) is 7.64. The molecule has 0 saturated heterocycles. The van der Waals surface area contributed by atoms with Crippen molar-refractivity contribution in [3.8, 4) is 0 Å². The molecule has 0 atom stereocenters. The Hall–Kier alpha value is -3.62. The number of halogens is 2. The SMILES string of the molecule is CCCCn1c(=O)c(CCC(=O)OCC(=O)Nc2ccc(F)c(F)c2)nc2ccccc21. The quantitative estimate of drug-likeness (QED) is 0.511. The predicted octanol–water partition coefficient (Wildman–Crippen LogP) is 3.59. The van der Waals surface area contributed by atoms with Gasteiger partial charge in [0.15, 0.2) is 18.2 Å². The lowest BCUT2D eigenvalue weighted by Gasteiger charge is -2.12. The summed E-state index contributed by atoms with van der Waals surface area (Å²) < 4.78 is 32.7. The normalized spacial score (nSPS) is 10.8. The molecule has 3 rings (SSSR count). The van der Waals surface area contributed by atoms with Crippen LogP contribution in [0.15, 0.2) is 47.3 Å². The van der Waals surface area contributed by atoms with E-state index in [4.69, 9.17) is 4.74 Å². The lowest BCUT2D eigenvalue weighted by Crippen LogP contribution is -2.27. The van der Waals surface area contributed by atoms with Gasteiger partial charge in [0, 0.05) is 24.7 Å². The molecule has 9 heteroatoms. The minimum Gasteiger partial charge on any atom is -0.456 e. The van der Waals surface area contributed by atoms with Crippen molar-refractivity contribution < 1.29 is 23.1 Å². The number of unbranched alkanes of at least 4 members (excludes halogenated alkanes) is 1. The Morgan fingerprint density at radius 1 is 1.12 bits per heavy atom. The van der Waals surface area contributed by atoms with Gasteiger partial charge in [0.1, 0.15) is 5.69 Å². The van der Waals surface area contributed by atoms with Crippen molar-refractivity contribution in [2.45, 2.75) is 39.2 Å². The number of rotatable bonds is 9. The molecule has 2 aromatic carbocycles. The van der Waals surface area contributed by atoms with Crippen molar-refractivity contribution in [2.24, 2.45) is 0 Å². The summed E-state index contributed by atoms with van der Waals surface area (Å²) in [6, 6.07) is 10.2. The third-order valence-electron chi connectivity index (χ3n) is 4.79. The van der Waals surface area contributed by atoms with Crippen LogP contribution in [0.3, 0.4) is 0 Å². The molecule has 0 saturated carbocycles. The third-order valence-corrected chi connectivity index (χ3v) is 4.79. The lowest BCUT2D eigenvalue weighted by atomic mass is 10.2. The van der Waals surface area contributed by atoms with Crippen LogP contribution in [0.4, 0.5) is 14.5 Å². The summed E-state index contributed by atoms with van der Waals surface area (Å²) in [5, 5.41) is 2.31. The van der Waals surface area contributed by atoms with Gasteiger partial charge >= 0.3 is 5.97 Å². The molecule has 1 N–H and O–H groups in total. The van der Waals surface area contributed by atoms with Crippen LogP contribution in [-0.2, 0) is 27.3 Å². The van der Waals surface area contributed by atoms with E-state index in [1.807, 2.05) is 31.2 Å². The summed E-state index contributed by atoms with van der Waals surface area (Å²) in [5.74, 6) is -3.52. The highest BCUT2D eigenvalue weighted by Crippen LogP contribution is 2.14. The van der Waals surface area contributed by atoms with Crippen molar-refractivity contribution in [2.75, 3.05) is 11.9 Å². The Morgan fingerprint density at radius 3 is 2.66 bits per heavy atom. The van der Waals surface area contributed by atoms with Crippen LogP contribution in [0, 0.1) is 11.6 Å². The van der Waals surface area contributed by atoms with E-state index < -0.39 is 30.1 Å². The second-order valence-corrected chi connectivity index (χ2v) is 7.20. The lowest BCUT2D eigenvalue weighted by molar-refractivity contribution is -0.147. The fourth-order valence-corrected chi connectivity index (χ4v) is 3.16. The molecule has 3 aromatic rings. The number of anilines is 1. The molecule has 32 heavy (non-hydrogen) atoms. The third kappa shape index (κ3) is 5.75. The number of aryl methyl sites for hydroxylation is 2. The first kappa shape index (κ1) is 23.1. The molecule has 168 valence electrons. The first-order valence-electron chi connectivity index (χ1n) is 10.3. The minimum absolute atomic E-state index is 0.0398. The Bertz CT molecular complexity index is 1190. The smallest absolute Gasteiger partial charge is 0.306 e. The second kappa shape index (κ2) is 10.6. The highest BCUT2D eigenvalue weighted by atomic mass is 19.2. The molecule has 0 radical (unpaired) electrons. The Labute approximate surface area is 183 Å². The van der Waals surface area contributed by atoms with E-state index >= 15 is 0 Å². The first-order valence-corrected chi connectivity index (χ1v) is 10.3. The molecule has 0 unspecified atom stereocenters. The van der Waals surface area contributed by atoms with Gasteiger partial charge in [-0.1, -0.05) is 25.5 Å². The van der Waals surface area contributed by atoms with E-state index in [0.717, 1.165) is 30.5 Å². The summed E-state index contributed by atoms with van der Waals surface area (Å²) in [6.07, 6.45) is 1.70. The zero-order valence-electron chi connectivity index (χ0n) is 17.6. The highest BCUT2D eigenvalue weighted by Gasteiger charge is 2.14. The van der Waals surface area contributed by atoms with Crippen LogP contribution in [0.1, 0.15) is 31.9 Å². The fraction of sp³-hybridized carbons (Fsp3) is 0.304. The van der Waals surface area contributed by atoms with E-state index in [1.54, 1.807) is 4.57 Å². The molecular weight excluding hydrogens is 420 g/mol. The van der Waals surface area contributed by atoms with Crippen LogP contribution in [0.2, 0.25) is 0 Å². The van der Waals surface area contributed by atoms with E-state index in [9.17, 15) is 23.2 Å². The number of carbonyl (C=O) groups excluding carboxylic acids is 2. The van der Waals surface area contributed by atoms with Gasteiger partial charge in [-0.15, -0.1) is 0 Å². The number of nitrogens with zero attached hydrogens (tertiary/aromatic N) is 2. The molecule has 0 spiro atoms. The van der Waals surface area contributed by atoms with Gasteiger partial charge in [-0.25, -0.2) is 13.8 Å². The number of aromatic nitrogens is 2. The molecular formula is C23H23F2N3O4. The topological polar surface area (TPSA) is 90.3 Å². The number of hydrogen-bond acceptors (Lipinski definition) is 5. The number of hydrogen-bond donors (Lipinski definition) is 1. The summed E-state index contributed by atoms with van der Waals surface area (Å²) in [5.41, 5.74) is 1.45. The van der Waals surface area contributed by atoms with Gasteiger partial charge in [0.25, 0.3) is 11.5 Å². The van der Waals surface area contributed by atoms with E-state index in [-0.39, 0.29) is 29.8 Å². The van der Waals surface area contributed by atoms with Gasteiger partial charge in [-0.05, 0) is 30.7 Å². The molecule has 7 nitrogen and oxygen atoms in total. The fourth-order valence-electron chi connectivity index (χ4n) is 3.16. The zero-order valence-corrected chi connectivity index (χ0v) is 17.6. The van der Waals surface area contributed by atoms with Gasteiger partial charge in [0.05, 0.1) is 17.5 Å². The molecule has 0 aliphatic carbocycles. The molecule has 0 aliphatic rings. The second-order valence-electron chi connectivity index (χ2n) is 7.20. The number of ether oxygens (including phenoxy) is 1. The van der Waals surface area contributed by atoms with Gasteiger partial charge < -0.3 is 14.6 Å². The predicted molar refractivity (Wildman–Crippen MR) is 115 cm³/mol. The summed E-state index contributed by atoms with van der Waals surface area (Å²) in [4.78, 5) is 41.2. The number of esters is 1. The summed E-state index contributed by atoms with van der Waals surface area (Å²) in [6.45, 7) is 2.00. The van der Waals surface area contributed by atoms with Crippen LogP contribution >= 0.6 is 0 Å². The van der Waals surface area contributed by atoms with Gasteiger partial charge in [-0.3, -0.25) is 14.4 Å². The number of amides is 1. The molecule has 0 bridgehead atoms. The molecule has 1 amide bonds. The van der Waals surface area contributed by atoms with Crippen molar-refractivity contribution in [3.63, 3.8) is 0 Å². The average molecular weight is 443 g/mol. The maximum atomic E-state index is 13.2. The summed E-state index contributed by atoms with van der Waals surface area (Å²) >= 11 is 0. The van der Waals surface area contributed by atoms with Crippen molar-refractivity contribution in [1.82, 2.24) is 9.55 Å². The molecule has 1 aromatic heterocycles. The Balaban J connectivity index is 1.59. The van der Waals surface area contributed by atoms with Crippen LogP contribution in [0.25, 0.3) is 11.0 Å². The highest BCUT2D eigenvalue weighted by molar-refractivity contribution is 5.92. The number of para-hydroxylation sites is 2. The van der Waals surface area contributed by atoms with Gasteiger partial charge in [-0.2, -0.15) is 0 Å². The number of benzene rings is 2. The first-order chi connectivity index (χ1) is 15.4. The largest absolute Gasteiger partial charge is 0.456 e. The molecule has 1 heterocycles. The van der Waals surface area contributed by atoms with Crippen LogP contribution < -0.4 is 10.9 Å². The van der Waals surface area contributed by atoms with Gasteiger partial charge in [0.2, 0.25) is 0 Å². The zero-order chi connectivity index (χ0) is 23.1. The number of fused-ring (bicyclic) bond motifs is 1. The Morgan fingerprint density at radius 2 is 1.91 bits per heavy atom. The average Bonchev–Trinajstić information content (AvgIpc) is 2.78. The number of carbonyl (C=O) groups is 2. The maximum absolute atomic E-state index is 13.2. The number of nitrogens with one attached hydrogen (secondary N) is 1. The van der Waals surface area contributed by atoms with Crippen molar-refractivity contribution in [1.29, 1.82) is 0 Å². The standard InChI is InChI=1S/C23H23F2N3O4/c1-2-3-12-28-20-7-5-4-6-18(20)27-19(23(28)31)10-11-22(30)32-14-21(29)26-15-8-9-16(24)17(25)13-15/h4-9,13H,2-3,10-12,14H2,1H3,(H,26,29). The molecule has 0 fully saturated rings. The van der Waals surface area contributed by atoms with Crippen molar-refractivity contribution >= 4 is 28.6 Å². The monoisotopic (exact) mass is 443 g/mol. The van der Waals surface area contributed by atoms with E-state index in [2.05, 4.69) is 10.3 Å². The van der Waals surface area contributed by atoms with Crippen LogP contribution in [-0.4, -0.2) is 28.0 Å². The van der Waals surface area contributed by atoms with Crippen molar-refractivity contribution in [3.05, 3.63) is 70.1 Å². The van der Waals surface area contributed by atoms with E-state index in [0.29, 0.717) is 12.1 Å². The van der Waals surface area contributed by atoms with Crippen LogP contribution in [0.5, 0.6) is 0 Å². The van der Waals surface area contributed by atoms with E-state index in [1.165, 1.54) is 6.07 Å². The summed E-state index contributed by atoms with van der Waals surface area (Å²) in [7, 11) is 0.